The number of ether oxygens (including phenoxy) is 1. The first-order chi connectivity index (χ1) is 9.08. The van der Waals surface area contributed by atoms with Gasteiger partial charge in [-0.3, -0.25) is 4.79 Å². The van der Waals surface area contributed by atoms with E-state index in [-0.39, 0.29) is 10.9 Å². The fraction of sp³-hybridized carbons (Fsp3) is 0.385. The molecule has 1 atom stereocenters. The zero-order valence-corrected chi connectivity index (χ0v) is 12.7. The summed E-state index contributed by atoms with van der Waals surface area (Å²) in [6.45, 7) is 0.710. The molecule has 0 spiro atoms. The van der Waals surface area contributed by atoms with Gasteiger partial charge in [0, 0.05) is 11.0 Å². The third-order valence-corrected chi connectivity index (χ3v) is 3.67. The van der Waals surface area contributed by atoms with Crippen LogP contribution in [0.15, 0.2) is 22.7 Å². The highest BCUT2D eigenvalue weighted by atomic mass is 79.9. The van der Waals surface area contributed by atoms with Crippen LogP contribution in [0.3, 0.4) is 0 Å². The van der Waals surface area contributed by atoms with Gasteiger partial charge >= 0.3 is 0 Å². The highest BCUT2D eigenvalue weighted by Gasteiger charge is 2.23. The van der Waals surface area contributed by atoms with Gasteiger partial charge in [0.1, 0.15) is 10.7 Å². The first-order valence-corrected chi connectivity index (χ1v) is 7.32. The lowest BCUT2D eigenvalue weighted by molar-refractivity contribution is -0.127. The molecule has 1 fully saturated rings. The molecule has 3 N–H and O–H groups in total. The van der Waals surface area contributed by atoms with Crippen molar-refractivity contribution in [1.82, 2.24) is 5.32 Å². The largest absolute Gasteiger partial charge is 0.480 e. The van der Waals surface area contributed by atoms with Crippen LogP contribution in [0.5, 0.6) is 5.75 Å². The maximum absolute atomic E-state index is 11.9. The van der Waals surface area contributed by atoms with Gasteiger partial charge in [-0.1, -0.05) is 28.1 Å². The van der Waals surface area contributed by atoms with Gasteiger partial charge in [0.05, 0.1) is 5.56 Å². The monoisotopic (exact) mass is 342 g/mol. The molecular weight excluding hydrogens is 328 g/mol. The molecular formula is C13H15BrN2O2S. The molecule has 0 bridgehead atoms. The van der Waals surface area contributed by atoms with Crippen molar-refractivity contribution in [3.8, 4) is 5.75 Å². The van der Waals surface area contributed by atoms with Gasteiger partial charge < -0.3 is 15.8 Å². The van der Waals surface area contributed by atoms with Crippen molar-refractivity contribution in [3.05, 3.63) is 28.2 Å². The van der Waals surface area contributed by atoms with Crippen molar-refractivity contribution in [3.63, 3.8) is 0 Å². The molecule has 1 heterocycles. The maximum Gasteiger partial charge on any atom is 0.261 e. The number of hydrogen-bond acceptors (Lipinski definition) is 3. The van der Waals surface area contributed by atoms with E-state index < -0.39 is 6.10 Å². The van der Waals surface area contributed by atoms with E-state index in [1.807, 2.05) is 6.07 Å². The predicted molar refractivity (Wildman–Crippen MR) is 81.3 cm³/mol. The molecule has 4 nitrogen and oxygen atoms in total. The van der Waals surface area contributed by atoms with Gasteiger partial charge in [-0.25, -0.2) is 0 Å². The average Bonchev–Trinajstić information content (AvgIpc) is 2.57. The van der Waals surface area contributed by atoms with Gasteiger partial charge in [0.25, 0.3) is 5.91 Å². The van der Waals surface area contributed by atoms with Gasteiger partial charge in [0.15, 0.2) is 6.10 Å². The molecule has 0 aromatic heterocycles. The second-order valence-electron chi connectivity index (χ2n) is 4.40. The van der Waals surface area contributed by atoms with Crippen LogP contribution >= 0.6 is 28.1 Å². The van der Waals surface area contributed by atoms with Crippen molar-refractivity contribution in [2.24, 2.45) is 5.73 Å². The Hall–Kier alpha value is -1.14. The van der Waals surface area contributed by atoms with E-state index in [4.69, 9.17) is 22.7 Å². The molecule has 1 saturated heterocycles. The Morgan fingerprint density at radius 2 is 2.26 bits per heavy atom. The van der Waals surface area contributed by atoms with Crippen molar-refractivity contribution in [2.45, 2.75) is 25.4 Å². The predicted octanol–water partition coefficient (Wildman–Crippen LogP) is 2.13. The van der Waals surface area contributed by atoms with E-state index in [0.717, 1.165) is 17.3 Å². The minimum Gasteiger partial charge on any atom is -0.480 e. The van der Waals surface area contributed by atoms with Crippen LogP contribution in [0.25, 0.3) is 0 Å². The molecule has 1 aromatic rings. The summed E-state index contributed by atoms with van der Waals surface area (Å²) in [5, 5.41) is 2.84. The fourth-order valence-electron chi connectivity index (χ4n) is 1.97. The summed E-state index contributed by atoms with van der Waals surface area (Å²) >= 11 is 8.37. The van der Waals surface area contributed by atoms with E-state index in [1.165, 1.54) is 0 Å². The Balaban J connectivity index is 2.22. The Morgan fingerprint density at radius 1 is 1.47 bits per heavy atom. The molecule has 6 heteroatoms. The van der Waals surface area contributed by atoms with Gasteiger partial charge in [-0.15, -0.1) is 0 Å². The summed E-state index contributed by atoms with van der Waals surface area (Å²) in [7, 11) is 0. The number of carbonyl (C=O) groups excluding carboxylic acids is 1. The Kier molecular flexibility index (Phi) is 4.76. The lowest BCUT2D eigenvalue weighted by Crippen LogP contribution is -2.36. The number of halogens is 1. The van der Waals surface area contributed by atoms with E-state index in [1.54, 1.807) is 12.1 Å². The standard InChI is InChI=1S/C13H15BrN2O2S/c14-8-4-5-10(9(7-8)12(15)19)18-11-3-1-2-6-16-13(11)17/h4-5,7,11H,1-3,6H2,(H2,15,19)(H,16,17). The van der Waals surface area contributed by atoms with Crippen molar-refractivity contribution in [1.29, 1.82) is 0 Å². The second-order valence-corrected chi connectivity index (χ2v) is 5.75. The smallest absolute Gasteiger partial charge is 0.261 e. The summed E-state index contributed by atoms with van der Waals surface area (Å²) in [4.78, 5) is 12.1. The zero-order chi connectivity index (χ0) is 13.8. The number of thiocarbonyl (C=S) groups is 1. The Labute approximate surface area is 125 Å². The van der Waals surface area contributed by atoms with E-state index in [2.05, 4.69) is 21.2 Å². The normalized spacial score (nSPS) is 19.4. The SMILES string of the molecule is NC(=S)c1cc(Br)ccc1OC1CCCCNC1=O. The number of nitrogens with one attached hydrogen (secondary N) is 1. The molecule has 1 amide bonds. The van der Waals surface area contributed by atoms with Crippen LogP contribution in [0.4, 0.5) is 0 Å². The first kappa shape index (κ1) is 14.3. The first-order valence-electron chi connectivity index (χ1n) is 6.11. The van der Waals surface area contributed by atoms with Gasteiger partial charge in [-0.05, 0) is 37.5 Å². The zero-order valence-electron chi connectivity index (χ0n) is 10.3. The van der Waals surface area contributed by atoms with E-state index in [9.17, 15) is 4.79 Å². The number of rotatable bonds is 3. The molecule has 2 rings (SSSR count). The topological polar surface area (TPSA) is 64.3 Å². The molecule has 0 saturated carbocycles. The van der Waals surface area contributed by atoms with Crippen LogP contribution in [0.1, 0.15) is 24.8 Å². The van der Waals surface area contributed by atoms with Gasteiger partial charge in [0.2, 0.25) is 0 Å². The Bertz CT molecular complexity index is 507. The highest BCUT2D eigenvalue weighted by Crippen LogP contribution is 2.25. The third-order valence-electron chi connectivity index (χ3n) is 2.96. The van der Waals surface area contributed by atoms with Crippen molar-refractivity contribution >= 4 is 39.0 Å². The lowest BCUT2D eigenvalue weighted by Gasteiger charge is -2.18. The number of nitrogens with two attached hydrogens (primary N) is 1. The summed E-state index contributed by atoms with van der Waals surface area (Å²) in [5.74, 6) is 0.479. The minimum absolute atomic E-state index is 0.0747. The minimum atomic E-state index is -0.475. The molecule has 102 valence electrons. The van der Waals surface area contributed by atoms with Gasteiger partial charge in [-0.2, -0.15) is 0 Å². The van der Waals surface area contributed by atoms with Crippen LogP contribution < -0.4 is 15.8 Å². The average molecular weight is 343 g/mol. The van der Waals surface area contributed by atoms with Crippen LogP contribution in [-0.2, 0) is 4.79 Å². The maximum atomic E-state index is 11.9. The van der Waals surface area contributed by atoms with Crippen LogP contribution in [-0.4, -0.2) is 23.5 Å². The second kappa shape index (κ2) is 6.34. The van der Waals surface area contributed by atoms with Crippen molar-refractivity contribution in [2.75, 3.05) is 6.54 Å². The quantitative estimate of drug-likeness (QED) is 0.826. The number of benzene rings is 1. The molecule has 1 aromatic carbocycles. The highest BCUT2D eigenvalue weighted by molar-refractivity contribution is 9.10. The van der Waals surface area contributed by atoms with E-state index in [0.29, 0.717) is 24.3 Å². The molecule has 1 aliphatic rings. The number of hydrogen-bond donors (Lipinski definition) is 2. The molecule has 19 heavy (non-hydrogen) atoms. The van der Waals surface area contributed by atoms with Crippen LogP contribution in [0, 0.1) is 0 Å². The summed E-state index contributed by atoms with van der Waals surface area (Å²) in [6.07, 6.45) is 2.17. The fourth-order valence-corrected chi connectivity index (χ4v) is 2.50. The summed E-state index contributed by atoms with van der Waals surface area (Å²) in [6, 6.07) is 5.41. The third kappa shape index (κ3) is 3.67. The van der Waals surface area contributed by atoms with Crippen LogP contribution in [0.2, 0.25) is 0 Å². The Morgan fingerprint density at radius 3 is 3.00 bits per heavy atom. The van der Waals surface area contributed by atoms with Crippen molar-refractivity contribution < 1.29 is 9.53 Å². The molecule has 1 unspecified atom stereocenters. The number of amides is 1. The molecule has 0 aliphatic carbocycles. The number of carbonyl (C=O) groups is 1. The summed E-state index contributed by atoms with van der Waals surface area (Å²) < 4.78 is 6.66. The molecule has 0 radical (unpaired) electrons. The lowest BCUT2D eigenvalue weighted by atomic mass is 10.1. The molecule has 1 aliphatic heterocycles. The summed E-state index contributed by atoms with van der Waals surface area (Å²) in [5.41, 5.74) is 6.32. The van der Waals surface area contributed by atoms with E-state index >= 15 is 0 Å².